The van der Waals surface area contributed by atoms with Crippen LogP contribution in [-0.4, -0.2) is 11.7 Å². The highest BCUT2D eigenvalue weighted by Crippen LogP contribution is 2.48. The third kappa shape index (κ3) is 5.93. The van der Waals surface area contributed by atoms with Gasteiger partial charge in [-0.2, -0.15) is 0 Å². The van der Waals surface area contributed by atoms with Crippen LogP contribution in [0.4, 0.5) is 11.4 Å². The molecule has 1 atom stereocenters. The van der Waals surface area contributed by atoms with Crippen molar-refractivity contribution in [2.24, 2.45) is 5.41 Å². The number of nitrogens with zero attached hydrogens (tertiary/aromatic N) is 1. The average Bonchev–Trinajstić information content (AvgIpc) is 3.06. The Morgan fingerprint density at radius 3 is 2.54 bits per heavy atom. The molecule has 2 aliphatic rings. The van der Waals surface area contributed by atoms with Crippen LogP contribution in [0.1, 0.15) is 76.5 Å². The average molecular weight is 523 g/mol. The number of fused-ring (bicyclic) bond motifs is 1. The maximum absolute atomic E-state index is 14.0. The summed E-state index contributed by atoms with van der Waals surface area (Å²) in [6.45, 7) is 6.85. The number of rotatable bonds is 8. The maximum atomic E-state index is 14.0. The third-order valence-electron chi connectivity index (χ3n) is 7.59. The Hall–Kier alpha value is -3.86. The SMILES string of the molecule is CCCCCC(=O)N1c2ccccc2NC2=C(C(=O)CC(C)(C)C2)[C@@H]1c1cccc(OCc2ccccc2)c1. The Bertz CT molecular complexity index is 1380. The van der Waals surface area contributed by atoms with E-state index in [0.717, 1.165) is 53.9 Å². The molecule has 3 aromatic rings. The van der Waals surface area contributed by atoms with Gasteiger partial charge in [0, 0.05) is 24.1 Å². The zero-order valence-corrected chi connectivity index (χ0v) is 23.2. The highest BCUT2D eigenvalue weighted by atomic mass is 16.5. The number of anilines is 2. The van der Waals surface area contributed by atoms with Gasteiger partial charge in [-0.15, -0.1) is 0 Å². The van der Waals surface area contributed by atoms with Crippen LogP contribution < -0.4 is 15.0 Å². The molecular weight excluding hydrogens is 484 g/mol. The number of unbranched alkanes of at least 4 members (excludes halogenated alkanes) is 2. The molecule has 0 aromatic heterocycles. The number of amides is 1. The summed E-state index contributed by atoms with van der Waals surface area (Å²) in [5.41, 5.74) is 5.06. The Balaban J connectivity index is 1.61. The number of hydrogen-bond acceptors (Lipinski definition) is 4. The van der Waals surface area contributed by atoms with Crippen LogP contribution in [0.5, 0.6) is 5.75 Å². The first-order chi connectivity index (χ1) is 18.9. The fraction of sp³-hybridized carbons (Fsp3) is 0.353. The minimum atomic E-state index is -0.533. The number of Topliss-reactive ketones (excluding diaryl/α,β-unsaturated/α-hetero) is 1. The molecule has 0 saturated heterocycles. The number of hydrogen-bond donors (Lipinski definition) is 1. The molecule has 5 nitrogen and oxygen atoms in total. The van der Waals surface area contributed by atoms with E-state index in [-0.39, 0.29) is 17.1 Å². The predicted octanol–water partition coefficient (Wildman–Crippen LogP) is 7.99. The third-order valence-corrected chi connectivity index (χ3v) is 7.59. The van der Waals surface area contributed by atoms with Crippen molar-refractivity contribution < 1.29 is 14.3 Å². The second-order valence-corrected chi connectivity index (χ2v) is 11.4. The van der Waals surface area contributed by atoms with Crippen molar-refractivity contribution in [3.63, 3.8) is 0 Å². The highest BCUT2D eigenvalue weighted by Gasteiger charge is 2.43. The van der Waals surface area contributed by atoms with E-state index in [1.807, 2.05) is 83.8 Å². The lowest BCUT2D eigenvalue weighted by molar-refractivity contribution is -0.119. The quantitative estimate of drug-likeness (QED) is 0.305. The van der Waals surface area contributed by atoms with Gasteiger partial charge < -0.3 is 10.1 Å². The van der Waals surface area contributed by atoms with E-state index in [2.05, 4.69) is 26.1 Å². The molecule has 5 heteroatoms. The first-order valence-corrected chi connectivity index (χ1v) is 14.1. The van der Waals surface area contributed by atoms with Crippen molar-refractivity contribution in [1.29, 1.82) is 0 Å². The predicted molar refractivity (Wildman–Crippen MR) is 157 cm³/mol. The molecule has 5 rings (SSSR count). The molecule has 0 unspecified atom stereocenters. The van der Waals surface area contributed by atoms with Gasteiger partial charge in [-0.05, 0) is 53.6 Å². The van der Waals surface area contributed by atoms with E-state index in [1.54, 1.807) is 0 Å². The summed E-state index contributed by atoms with van der Waals surface area (Å²) in [4.78, 5) is 29.8. The number of carbonyl (C=O) groups excluding carboxylic acids is 2. The molecular formula is C34H38N2O3. The molecule has 0 radical (unpaired) electrons. The molecule has 202 valence electrons. The van der Waals surface area contributed by atoms with Gasteiger partial charge in [-0.1, -0.05) is 88.2 Å². The number of allylic oxidation sites excluding steroid dienone is 1. The molecule has 0 saturated carbocycles. The summed E-state index contributed by atoms with van der Waals surface area (Å²) >= 11 is 0. The summed E-state index contributed by atoms with van der Waals surface area (Å²) < 4.78 is 6.18. The van der Waals surface area contributed by atoms with Crippen LogP contribution in [-0.2, 0) is 16.2 Å². The zero-order valence-electron chi connectivity index (χ0n) is 23.2. The number of benzene rings is 3. The van der Waals surface area contributed by atoms with E-state index < -0.39 is 6.04 Å². The molecule has 1 amide bonds. The van der Waals surface area contributed by atoms with Gasteiger partial charge in [0.25, 0.3) is 0 Å². The van der Waals surface area contributed by atoms with E-state index in [0.29, 0.717) is 30.8 Å². The smallest absolute Gasteiger partial charge is 0.227 e. The number of nitrogens with one attached hydrogen (secondary N) is 1. The van der Waals surface area contributed by atoms with Crippen molar-refractivity contribution >= 4 is 23.1 Å². The van der Waals surface area contributed by atoms with Crippen LogP contribution in [0.2, 0.25) is 0 Å². The molecule has 1 N–H and O–H groups in total. The fourth-order valence-electron chi connectivity index (χ4n) is 5.74. The monoisotopic (exact) mass is 522 g/mol. The summed E-state index contributed by atoms with van der Waals surface area (Å²) in [6, 6.07) is 25.3. The Labute approximate surface area is 231 Å². The number of ether oxygens (including phenoxy) is 1. The van der Waals surface area contributed by atoms with Crippen LogP contribution in [0.3, 0.4) is 0 Å². The molecule has 1 aliphatic heterocycles. The van der Waals surface area contributed by atoms with Gasteiger partial charge in [0.15, 0.2) is 5.78 Å². The first kappa shape index (κ1) is 26.7. The van der Waals surface area contributed by atoms with Crippen molar-refractivity contribution in [2.75, 3.05) is 10.2 Å². The molecule has 3 aromatic carbocycles. The zero-order chi connectivity index (χ0) is 27.4. The minimum Gasteiger partial charge on any atom is -0.489 e. The molecule has 0 bridgehead atoms. The second kappa shape index (κ2) is 11.5. The number of carbonyl (C=O) groups is 2. The second-order valence-electron chi connectivity index (χ2n) is 11.4. The molecule has 39 heavy (non-hydrogen) atoms. The van der Waals surface area contributed by atoms with Gasteiger partial charge in [0.1, 0.15) is 12.4 Å². The van der Waals surface area contributed by atoms with E-state index in [4.69, 9.17) is 4.74 Å². The summed E-state index contributed by atoms with van der Waals surface area (Å²) in [5, 5.41) is 3.59. The first-order valence-electron chi connectivity index (χ1n) is 14.1. The normalized spacial score (nSPS) is 18.1. The van der Waals surface area contributed by atoms with E-state index in [1.165, 1.54) is 0 Å². The lowest BCUT2D eigenvalue weighted by Gasteiger charge is -2.37. The topological polar surface area (TPSA) is 58.6 Å². The summed E-state index contributed by atoms with van der Waals surface area (Å²) in [6.07, 6.45) is 4.47. The molecule has 0 fully saturated rings. The van der Waals surface area contributed by atoms with Crippen molar-refractivity contribution in [3.8, 4) is 5.75 Å². The van der Waals surface area contributed by atoms with Gasteiger partial charge in [-0.25, -0.2) is 0 Å². The van der Waals surface area contributed by atoms with Gasteiger partial charge >= 0.3 is 0 Å². The van der Waals surface area contributed by atoms with Crippen molar-refractivity contribution in [2.45, 2.75) is 71.9 Å². The highest BCUT2D eigenvalue weighted by molar-refractivity contribution is 6.06. The van der Waals surface area contributed by atoms with Crippen molar-refractivity contribution in [3.05, 3.63) is 101 Å². The van der Waals surface area contributed by atoms with Gasteiger partial charge in [0.2, 0.25) is 5.91 Å². The van der Waals surface area contributed by atoms with Crippen LogP contribution in [0, 0.1) is 5.41 Å². The largest absolute Gasteiger partial charge is 0.489 e. The standard InChI is InChI=1S/C34H38N2O3/c1-4-5-7-19-31(38)36-29-18-11-10-17-27(29)35-28-21-34(2,3)22-30(37)32(28)33(36)25-15-12-16-26(20-25)39-23-24-13-8-6-9-14-24/h6,8-18,20,33,35H,4-5,7,19,21-23H2,1-3H3/t33-/m0/s1. The van der Waals surface area contributed by atoms with Crippen molar-refractivity contribution in [1.82, 2.24) is 0 Å². The number of para-hydroxylation sites is 2. The molecule has 1 aliphatic carbocycles. The van der Waals surface area contributed by atoms with Crippen LogP contribution in [0.15, 0.2) is 90.1 Å². The summed E-state index contributed by atoms with van der Waals surface area (Å²) in [5.74, 6) is 0.837. The van der Waals surface area contributed by atoms with E-state index in [9.17, 15) is 9.59 Å². The van der Waals surface area contributed by atoms with Gasteiger partial charge in [-0.3, -0.25) is 14.5 Å². The Morgan fingerprint density at radius 1 is 0.974 bits per heavy atom. The van der Waals surface area contributed by atoms with E-state index >= 15 is 0 Å². The fourth-order valence-corrected chi connectivity index (χ4v) is 5.74. The lowest BCUT2D eigenvalue weighted by Crippen LogP contribution is -2.39. The van der Waals surface area contributed by atoms with Gasteiger partial charge in [0.05, 0.1) is 17.4 Å². The Kier molecular flexibility index (Phi) is 7.87. The lowest BCUT2D eigenvalue weighted by atomic mass is 9.73. The maximum Gasteiger partial charge on any atom is 0.227 e. The van der Waals surface area contributed by atoms with Crippen LogP contribution in [0.25, 0.3) is 0 Å². The Morgan fingerprint density at radius 2 is 1.74 bits per heavy atom. The summed E-state index contributed by atoms with van der Waals surface area (Å²) in [7, 11) is 0. The molecule has 0 spiro atoms. The minimum absolute atomic E-state index is 0.0321. The molecule has 1 heterocycles. The number of ketones is 1. The van der Waals surface area contributed by atoms with Crippen LogP contribution >= 0.6 is 0 Å².